The quantitative estimate of drug-likeness (QED) is 0.583. The second-order valence-corrected chi connectivity index (χ2v) is 7.74. The van der Waals surface area contributed by atoms with E-state index in [0.717, 1.165) is 23.8 Å². The molecule has 1 amide bonds. The number of halogens is 3. The van der Waals surface area contributed by atoms with Gasteiger partial charge in [0.25, 0.3) is 5.91 Å². The molecule has 0 radical (unpaired) electrons. The lowest BCUT2D eigenvalue weighted by Gasteiger charge is -2.14. The van der Waals surface area contributed by atoms with Gasteiger partial charge in [-0.15, -0.1) is 0 Å². The Labute approximate surface area is 171 Å². The minimum Gasteiger partial charge on any atom is -0.379 e. The summed E-state index contributed by atoms with van der Waals surface area (Å²) < 4.78 is 69.2. The van der Waals surface area contributed by atoms with Crippen molar-refractivity contribution in [3.63, 3.8) is 0 Å². The topological polar surface area (TPSA) is 72.5 Å². The fourth-order valence-electron chi connectivity index (χ4n) is 2.66. The molecule has 0 aliphatic rings. The van der Waals surface area contributed by atoms with Crippen LogP contribution in [0.3, 0.4) is 0 Å². The van der Waals surface area contributed by atoms with Crippen molar-refractivity contribution >= 4 is 16.0 Å². The summed E-state index contributed by atoms with van der Waals surface area (Å²) in [6.45, 7) is 0.252. The smallest absolute Gasteiger partial charge is 0.379 e. The Morgan fingerprint density at radius 3 is 2.27 bits per heavy atom. The monoisotopic (exact) mass is 435 g/mol. The number of benzene rings is 3. The zero-order valence-corrected chi connectivity index (χ0v) is 16.2. The molecule has 1 N–H and O–H groups in total. The van der Waals surface area contributed by atoms with Gasteiger partial charge in [0.1, 0.15) is 10.6 Å². The van der Waals surface area contributed by atoms with Crippen LogP contribution in [0.15, 0.2) is 83.8 Å². The van der Waals surface area contributed by atoms with E-state index < -0.39 is 32.7 Å². The predicted molar refractivity (Wildman–Crippen MR) is 103 cm³/mol. The number of carbonyl (C=O) groups excluding carboxylic acids is 1. The highest BCUT2D eigenvalue weighted by Gasteiger charge is 2.37. The van der Waals surface area contributed by atoms with Crippen LogP contribution < -0.4 is 9.50 Å². The van der Waals surface area contributed by atoms with Gasteiger partial charge >= 0.3 is 16.3 Å². The van der Waals surface area contributed by atoms with Gasteiger partial charge in [-0.2, -0.15) is 21.6 Å². The second kappa shape index (κ2) is 8.58. The van der Waals surface area contributed by atoms with Gasteiger partial charge in [0.2, 0.25) is 0 Å². The van der Waals surface area contributed by atoms with Gasteiger partial charge in [0, 0.05) is 12.1 Å². The van der Waals surface area contributed by atoms with Gasteiger partial charge in [0.15, 0.2) is 0 Å². The molecular weight excluding hydrogens is 419 g/mol. The van der Waals surface area contributed by atoms with Crippen LogP contribution in [-0.2, 0) is 22.8 Å². The van der Waals surface area contributed by atoms with Gasteiger partial charge in [-0.25, -0.2) is 0 Å². The molecule has 0 spiro atoms. The molecule has 0 bridgehead atoms. The second-order valence-electron chi connectivity index (χ2n) is 6.23. The molecule has 0 saturated heterocycles. The average molecular weight is 435 g/mol. The van der Waals surface area contributed by atoms with E-state index in [1.807, 2.05) is 30.3 Å². The Bertz CT molecular complexity index is 1150. The summed E-state index contributed by atoms with van der Waals surface area (Å²) >= 11 is 0. The molecule has 3 aromatic carbocycles. The van der Waals surface area contributed by atoms with E-state index >= 15 is 0 Å². The Balaban J connectivity index is 1.79. The van der Waals surface area contributed by atoms with Crippen LogP contribution in [0.25, 0.3) is 0 Å². The molecule has 0 aromatic heterocycles. The van der Waals surface area contributed by atoms with Gasteiger partial charge in [-0.1, -0.05) is 48.5 Å². The van der Waals surface area contributed by atoms with Crippen LogP contribution >= 0.6 is 0 Å². The van der Waals surface area contributed by atoms with Crippen molar-refractivity contribution in [1.82, 2.24) is 5.32 Å². The van der Waals surface area contributed by atoms with E-state index in [1.54, 1.807) is 0 Å². The summed E-state index contributed by atoms with van der Waals surface area (Å²) in [6, 6.07) is 18.0. The first kappa shape index (κ1) is 21.4. The SMILES string of the molecule is O=C(NCc1ccccc1)c1cccc(OS(=O)(=O)c2ccccc2C(F)(F)F)c1. The number of amides is 1. The molecule has 0 unspecified atom stereocenters. The van der Waals surface area contributed by atoms with Crippen LogP contribution in [0.1, 0.15) is 21.5 Å². The van der Waals surface area contributed by atoms with E-state index in [1.165, 1.54) is 24.3 Å². The lowest BCUT2D eigenvalue weighted by atomic mass is 10.2. The number of rotatable bonds is 6. The normalized spacial score (nSPS) is 11.7. The summed E-state index contributed by atoms with van der Waals surface area (Å²) in [5, 5.41) is 2.67. The molecule has 0 aliphatic heterocycles. The number of hydrogen-bond donors (Lipinski definition) is 1. The van der Waals surface area contributed by atoms with E-state index in [9.17, 15) is 26.4 Å². The lowest BCUT2D eigenvalue weighted by molar-refractivity contribution is -0.139. The zero-order valence-electron chi connectivity index (χ0n) is 15.4. The Morgan fingerprint density at radius 2 is 1.57 bits per heavy atom. The van der Waals surface area contributed by atoms with Crippen LogP contribution in [0, 0.1) is 0 Å². The number of hydrogen-bond acceptors (Lipinski definition) is 4. The van der Waals surface area contributed by atoms with E-state index in [4.69, 9.17) is 4.18 Å². The van der Waals surface area contributed by atoms with Crippen LogP contribution in [0.4, 0.5) is 13.2 Å². The highest BCUT2D eigenvalue weighted by atomic mass is 32.2. The Hall–Kier alpha value is -3.33. The highest BCUT2D eigenvalue weighted by molar-refractivity contribution is 7.87. The van der Waals surface area contributed by atoms with Crippen molar-refractivity contribution in [2.24, 2.45) is 0 Å². The van der Waals surface area contributed by atoms with Crippen molar-refractivity contribution in [2.75, 3.05) is 0 Å². The first-order valence-electron chi connectivity index (χ1n) is 8.70. The maximum absolute atomic E-state index is 13.1. The highest BCUT2D eigenvalue weighted by Crippen LogP contribution is 2.35. The summed E-state index contributed by atoms with van der Waals surface area (Å²) in [6.07, 6.45) is -4.87. The maximum atomic E-state index is 13.1. The van der Waals surface area contributed by atoms with Crippen molar-refractivity contribution < 1.29 is 30.6 Å². The molecule has 0 aliphatic carbocycles. The predicted octanol–water partition coefficient (Wildman–Crippen LogP) is 4.40. The molecule has 156 valence electrons. The maximum Gasteiger partial charge on any atom is 0.417 e. The minimum absolute atomic E-state index is 0.0998. The van der Waals surface area contributed by atoms with Crippen molar-refractivity contribution in [3.05, 3.63) is 95.6 Å². The molecule has 3 rings (SSSR count). The third-order valence-electron chi connectivity index (χ3n) is 4.06. The number of carbonyl (C=O) groups is 1. The van der Waals surface area contributed by atoms with Crippen molar-refractivity contribution in [2.45, 2.75) is 17.6 Å². The first-order valence-corrected chi connectivity index (χ1v) is 10.1. The molecule has 9 heteroatoms. The first-order chi connectivity index (χ1) is 14.2. The van der Waals surface area contributed by atoms with Crippen LogP contribution in [0.2, 0.25) is 0 Å². The van der Waals surface area contributed by atoms with Gasteiger partial charge in [-0.3, -0.25) is 4.79 Å². The summed E-state index contributed by atoms with van der Waals surface area (Å²) in [5.74, 6) is -0.767. The average Bonchev–Trinajstić information content (AvgIpc) is 2.72. The summed E-state index contributed by atoms with van der Waals surface area (Å²) in [4.78, 5) is 11.3. The molecule has 0 heterocycles. The van der Waals surface area contributed by atoms with Gasteiger partial charge in [-0.05, 0) is 35.9 Å². The molecule has 30 heavy (non-hydrogen) atoms. The zero-order chi connectivity index (χ0) is 21.8. The Morgan fingerprint density at radius 1 is 0.900 bits per heavy atom. The fourth-order valence-corrected chi connectivity index (χ4v) is 3.80. The largest absolute Gasteiger partial charge is 0.417 e. The summed E-state index contributed by atoms with van der Waals surface area (Å²) in [5.41, 5.74) is -0.367. The third kappa shape index (κ3) is 5.18. The van der Waals surface area contributed by atoms with E-state index in [0.29, 0.717) is 6.07 Å². The standard InChI is InChI=1S/C21H16F3NO4S/c22-21(23,24)18-11-4-5-12-19(18)30(27,28)29-17-10-6-9-16(13-17)20(26)25-14-15-7-2-1-3-8-15/h1-13H,14H2,(H,25,26). The molecular formula is C21H16F3NO4S. The summed E-state index contributed by atoms with van der Waals surface area (Å²) in [7, 11) is -4.78. The van der Waals surface area contributed by atoms with Gasteiger partial charge in [0.05, 0.1) is 5.56 Å². The molecule has 0 fully saturated rings. The minimum atomic E-state index is -4.87. The fraction of sp³-hybridized carbons (Fsp3) is 0.0952. The molecule has 0 saturated carbocycles. The van der Waals surface area contributed by atoms with Crippen LogP contribution in [0.5, 0.6) is 5.75 Å². The number of alkyl halides is 3. The van der Waals surface area contributed by atoms with E-state index in [-0.39, 0.29) is 17.9 Å². The Kier molecular flexibility index (Phi) is 6.12. The molecule has 5 nitrogen and oxygen atoms in total. The van der Waals surface area contributed by atoms with Crippen molar-refractivity contribution in [1.29, 1.82) is 0 Å². The van der Waals surface area contributed by atoms with Crippen molar-refractivity contribution in [3.8, 4) is 5.75 Å². The third-order valence-corrected chi connectivity index (χ3v) is 5.37. The van der Waals surface area contributed by atoms with Crippen LogP contribution in [-0.4, -0.2) is 14.3 Å². The molecule has 3 aromatic rings. The van der Waals surface area contributed by atoms with E-state index in [2.05, 4.69) is 5.32 Å². The van der Waals surface area contributed by atoms with Gasteiger partial charge < -0.3 is 9.50 Å². The number of nitrogens with one attached hydrogen (secondary N) is 1. The molecule has 0 atom stereocenters. The lowest BCUT2D eigenvalue weighted by Crippen LogP contribution is -2.23.